The summed E-state index contributed by atoms with van der Waals surface area (Å²) in [6, 6.07) is 15.2. The Morgan fingerprint density at radius 3 is 2.32 bits per heavy atom. The van der Waals surface area contributed by atoms with Crippen LogP contribution in [0.3, 0.4) is 0 Å². The van der Waals surface area contributed by atoms with Gasteiger partial charge in [-0.25, -0.2) is 0 Å². The SMILES string of the molecule is CCOc1ccc(CC(=O)OCC(=O)NCCc2ccccc2)cc1OCC. The van der Waals surface area contributed by atoms with Gasteiger partial charge in [-0.2, -0.15) is 0 Å². The van der Waals surface area contributed by atoms with Gasteiger partial charge in [0.15, 0.2) is 18.1 Å². The molecule has 0 radical (unpaired) electrons. The van der Waals surface area contributed by atoms with Crippen molar-refractivity contribution in [1.29, 1.82) is 0 Å². The molecule has 2 aromatic rings. The van der Waals surface area contributed by atoms with Crippen molar-refractivity contribution in [1.82, 2.24) is 5.32 Å². The monoisotopic (exact) mass is 385 g/mol. The Morgan fingerprint density at radius 1 is 0.893 bits per heavy atom. The van der Waals surface area contributed by atoms with Gasteiger partial charge in [0.1, 0.15) is 0 Å². The van der Waals surface area contributed by atoms with Gasteiger partial charge in [-0.3, -0.25) is 9.59 Å². The second kappa shape index (κ2) is 11.6. The summed E-state index contributed by atoms with van der Waals surface area (Å²) in [6.07, 6.45) is 0.788. The van der Waals surface area contributed by atoms with Crippen molar-refractivity contribution in [2.45, 2.75) is 26.7 Å². The van der Waals surface area contributed by atoms with Crippen molar-refractivity contribution in [2.75, 3.05) is 26.4 Å². The molecule has 0 spiro atoms. The fourth-order valence-electron chi connectivity index (χ4n) is 2.61. The van der Waals surface area contributed by atoms with E-state index in [4.69, 9.17) is 14.2 Å². The average molecular weight is 385 g/mol. The number of esters is 1. The Labute approximate surface area is 165 Å². The van der Waals surface area contributed by atoms with Crippen LogP contribution in [0.4, 0.5) is 0 Å². The van der Waals surface area contributed by atoms with Crippen LogP contribution in [0.5, 0.6) is 11.5 Å². The largest absolute Gasteiger partial charge is 0.490 e. The quantitative estimate of drug-likeness (QED) is 0.602. The first kappa shape index (κ1) is 21.3. The van der Waals surface area contributed by atoms with Gasteiger partial charge in [0, 0.05) is 6.54 Å². The van der Waals surface area contributed by atoms with Crippen LogP contribution >= 0.6 is 0 Å². The molecule has 0 saturated heterocycles. The third-order valence-corrected chi connectivity index (χ3v) is 3.90. The Balaban J connectivity index is 1.75. The molecule has 0 aliphatic rings. The Morgan fingerprint density at radius 2 is 1.61 bits per heavy atom. The maximum absolute atomic E-state index is 12.0. The highest BCUT2D eigenvalue weighted by Gasteiger charge is 2.11. The van der Waals surface area contributed by atoms with Gasteiger partial charge >= 0.3 is 5.97 Å². The van der Waals surface area contributed by atoms with Crippen molar-refractivity contribution in [3.63, 3.8) is 0 Å². The predicted molar refractivity (Wildman–Crippen MR) is 107 cm³/mol. The number of nitrogens with one attached hydrogen (secondary N) is 1. The molecular formula is C22H27NO5. The molecule has 150 valence electrons. The van der Waals surface area contributed by atoms with Crippen molar-refractivity contribution in [3.05, 3.63) is 59.7 Å². The zero-order chi connectivity index (χ0) is 20.2. The summed E-state index contributed by atoms with van der Waals surface area (Å²) < 4.78 is 16.1. The average Bonchev–Trinajstić information content (AvgIpc) is 2.69. The number of hydrogen-bond acceptors (Lipinski definition) is 5. The minimum absolute atomic E-state index is 0.0593. The lowest BCUT2D eigenvalue weighted by molar-refractivity contribution is -0.147. The molecule has 0 aliphatic heterocycles. The van der Waals surface area contributed by atoms with Crippen LogP contribution in [-0.4, -0.2) is 38.2 Å². The number of amides is 1. The van der Waals surface area contributed by atoms with Crippen LogP contribution in [0.1, 0.15) is 25.0 Å². The van der Waals surface area contributed by atoms with Crippen LogP contribution in [0.25, 0.3) is 0 Å². The van der Waals surface area contributed by atoms with Gasteiger partial charge in [-0.1, -0.05) is 36.4 Å². The summed E-state index contributed by atoms with van der Waals surface area (Å²) in [4.78, 5) is 23.8. The summed E-state index contributed by atoms with van der Waals surface area (Å²) in [7, 11) is 0. The van der Waals surface area contributed by atoms with E-state index in [0.717, 1.165) is 17.5 Å². The van der Waals surface area contributed by atoms with Crippen LogP contribution in [0.2, 0.25) is 0 Å². The highest BCUT2D eigenvalue weighted by Crippen LogP contribution is 2.28. The number of carbonyl (C=O) groups is 2. The lowest BCUT2D eigenvalue weighted by Gasteiger charge is -2.12. The third-order valence-electron chi connectivity index (χ3n) is 3.90. The molecule has 6 nitrogen and oxygen atoms in total. The van der Waals surface area contributed by atoms with Crippen molar-refractivity contribution in [3.8, 4) is 11.5 Å². The van der Waals surface area contributed by atoms with Crippen molar-refractivity contribution < 1.29 is 23.8 Å². The van der Waals surface area contributed by atoms with Gasteiger partial charge in [-0.05, 0) is 43.5 Å². The van der Waals surface area contributed by atoms with Gasteiger partial charge in [0.2, 0.25) is 0 Å². The molecule has 0 unspecified atom stereocenters. The Kier molecular flexibility index (Phi) is 8.85. The molecule has 2 rings (SSSR count). The smallest absolute Gasteiger partial charge is 0.310 e. The second-order valence-electron chi connectivity index (χ2n) is 6.07. The van der Waals surface area contributed by atoms with Crippen LogP contribution in [0, 0.1) is 0 Å². The number of benzene rings is 2. The first-order valence-electron chi connectivity index (χ1n) is 9.47. The molecular weight excluding hydrogens is 358 g/mol. The highest BCUT2D eigenvalue weighted by molar-refractivity contribution is 5.81. The molecule has 28 heavy (non-hydrogen) atoms. The number of ether oxygens (including phenoxy) is 3. The summed E-state index contributed by atoms with van der Waals surface area (Å²) >= 11 is 0. The van der Waals surface area contributed by atoms with Crippen LogP contribution in [-0.2, 0) is 27.2 Å². The zero-order valence-electron chi connectivity index (χ0n) is 16.4. The molecule has 2 aromatic carbocycles. The van der Waals surface area contributed by atoms with E-state index in [-0.39, 0.29) is 18.9 Å². The predicted octanol–water partition coefficient (Wildman–Crippen LogP) is 2.93. The van der Waals surface area contributed by atoms with E-state index >= 15 is 0 Å². The van der Waals surface area contributed by atoms with Gasteiger partial charge < -0.3 is 19.5 Å². The first-order chi connectivity index (χ1) is 13.6. The summed E-state index contributed by atoms with van der Waals surface area (Å²) in [5.41, 5.74) is 1.88. The number of carbonyl (C=O) groups excluding carboxylic acids is 2. The van der Waals surface area contributed by atoms with Gasteiger partial charge in [0.05, 0.1) is 19.6 Å². The molecule has 0 heterocycles. The van der Waals surface area contributed by atoms with Gasteiger partial charge in [0.25, 0.3) is 5.91 Å². The van der Waals surface area contributed by atoms with Crippen molar-refractivity contribution >= 4 is 11.9 Å². The molecule has 0 fully saturated rings. The van der Waals surface area contributed by atoms with E-state index in [0.29, 0.717) is 31.3 Å². The normalized spacial score (nSPS) is 10.2. The van der Waals surface area contributed by atoms with E-state index in [1.54, 1.807) is 18.2 Å². The van der Waals surface area contributed by atoms with E-state index in [9.17, 15) is 9.59 Å². The number of rotatable bonds is 11. The number of hydrogen-bond donors (Lipinski definition) is 1. The molecule has 0 saturated carbocycles. The summed E-state index contributed by atoms with van der Waals surface area (Å²) in [5, 5.41) is 2.75. The molecule has 0 atom stereocenters. The second-order valence-corrected chi connectivity index (χ2v) is 6.07. The summed E-state index contributed by atoms with van der Waals surface area (Å²) in [5.74, 6) is 0.448. The van der Waals surface area contributed by atoms with Crippen LogP contribution < -0.4 is 14.8 Å². The Hall–Kier alpha value is -3.02. The minimum Gasteiger partial charge on any atom is -0.490 e. The molecule has 0 bridgehead atoms. The fourth-order valence-corrected chi connectivity index (χ4v) is 2.61. The lowest BCUT2D eigenvalue weighted by Crippen LogP contribution is -2.30. The van der Waals surface area contributed by atoms with E-state index < -0.39 is 5.97 Å². The Bertz CT molecular complexity index is 761. The fraction of sp³-hybridized carbons (Fsp3) is 0.364. The van der Waals surface area contributed by atoms with Gasteiger partial charge in [-0.15, -0.1) is 0 Å². The molecule has 1 amide bonds. The van der Waals surface area contributed by atoms with Crippen LogP contribution in [0.15, 0.2) is 48.5 Å². The molecule has 6 heteroatoms. The highest BCUT2D eigenvalue weighted by atomic mass is 16.5. The van der Waals surface area contributed by atoms with Crippen molar-refractivity contribution in [2.24, 2.45) is 0 Å². The molecule has 0 aliphatic carbocycles. The minimum atomic E-state index is -0.468. The van der Waals surface area contributed by atoms with E-state index in [1.165, 1.54) is 0 Å². The maximum atomic E-state index is 12.0. The standard InChI is InChI=1S/C22H27NO5/c1-3-26-19-11-10-18(14-20(19)27-4-2)15-22(25)28-16-21(24)23-13-12-17-8-6-5-7-9-17/h5-11,14H,3-4,12-13,15-16H2,1-2H3,(H,23,24). The molecule has 0 aromatic heterocycles. The topological polar surface area (TPSA) is 73.9 Å². The zero-order valence-corrected chi connectivity index (χ0v) is 16.4. The van der Waals surface area contributed by atoms with E-state index in [2.05, 4.69) is 5.32 Å². The lowest BCUT2D eigenvalue weighted by atomic mass is 10.1. The maximum Gasteiger partial charge on any atom is 0.310 e. The van der Waals surface area contributed by atoms with E-state index in [1.807, 2.05) is 44.2 Å². The summed E-state index contributed by atoms with van der Waals surface area (Å²) in [6.45, 7) is 5.01. The molecule has 1 N–H and O–H groups in total. The third kappa shape index (κ3) is 7.31. The first-order valence-corrected chi connectivity index (χ1v) is 9.47.